The summed E-state index contributed by atoms with van der Waals surface area (Å²) >= 11 is 0. The lowest BCUT2D eigenvalue weighted by molar-refractivity contribution is -0.120. The van der Waals surface area contributed by atoms with Crippen LogP contribution in [0.2, 0.25) is 0 Å². The van der Waals surface area contributed by atoms with Gasteiger partial charge in [-0.3, -0.25) is 9.69 Å². The minimum Gasteiger partial charge on any atom is -0.497 e. The Kier molecular flexibility index (Phi) is 5.59. The zero-order valence-electron chi connectivity index (χ0n) is 12.8. The molecule has 1 fully saturated rings. The van der Waals surface area contributed by atoms with E-state index in [4.69, 9.17) is 10.5 Å². The van der Waals surface area contributed by atoms with Crippen LogP contribution in [0.4, 0.5) is 0 Å². The number of nitrogens with zero attached hydrogens (tertiary/aromatic N) is 1. The minimum atomic E-state index is 0.0478. The van der Waals surface area contributed by atoms with Gasteiger partial charge < -0.3 is 15.8 Å². The molecule has 116 valence electrons. The summed E-state index contributed by atoms with van der Waals surface area (Å²) < 4.78 is 5.22. The van der Waals surface area contributed by atoms with Crippen LogP contribution in [0.5, 0.6) is 5.75 Å². The zero-order chi connectivity index (χ0) is 15.2. The number of hydrogen-bond acceptors (Lipinski definition) is 4. The van der Waals surface area contributed by atoms with E-state index < -0.39 is 0 Å². The van der Waals surface area contributed by atoms with Crippen LogP contribution >= 0.6 is 0 Å². The molecule has 2 atom stereocenters. The van der Waals surface area contributed by atoms with E-state index in [1.54, 1.807) is 7.11 Å². The van der Waals surface area contributed by atoms with Crippen molar-refractivity contribution in [1.29, 1.82) is 0 Å². The van der Waals surface area contributed by atoms with Crippen LogP contribution in [0.15, 0.2) is 24.3 Å². The fourth-order valence-corrected chi connectivity index (χ4v) is 2.82. The molecule has 1 saturated heterocycles. The predicted octanol–water partition coefficient (Wildman–Crippen LogP) is 1.30. The van der Waals surface area contributed by atoms with E-state index in [1.807, 2.05) is 12.1 Å². The van der Waals surface area contributed by atoms with Gasteiger partial charge in [0, 0.05) is 38.1 Å². The van der Waals surface area contributed by atoms with Gasteiger partial charge in [-0.25, -0.2) is 0 Å². The fraction of sp³-hybridized carbons (Fsp3) is 0.562. The van der Waals surface area contributed by atoms with E-state index in [2.05, 4.69) is 29.3 Å². The quantitative estimate of drug-likeness (QED) is 0.858. The normalized spacial score (nSPS) is 19.5. The number of rotatable bonds is 5. The highest BCUT2D eigenvalue weighted by Gasteiger charge is 2.27. The molecular weight excluding hydrogens is 266 g/mol. The van der Waals surface area contributed by atoms with E-state index in [9.17, 15) is 4.79 Å². The first-order valence-corrected chi connectivity index (χ1v) is 7.56. The summed E-state index contributed by atoms with van der Waals surface area (Å²) in [5.41, 5.74) is 7.54. The number of carbonyl (C=O) groups excluding carboxylic acids is 1. The highest BCUT2D eigenvalue weighted by Crippen LogP contribution is 2.27. The maximum Gasteiger partial charge on any atom is 0.221 e. The zero-order valence-corrected chi connectivity index (χ0v) is 12.8. The van der Waals surface area contributed by atoms with Crippen molar-refractivity contribution in [2.75, 3.05) is 26.7 Å². The number of ether oxygens (including phenoxy) is 1. The Hall–Kier alpha value is -1.59. The average Bonchev–Trinajstić information content (AvgIpc) is 2.73. The summed E-state index contributed by atoms with van der Waals surface area (Å²) in [6.07, 6.45) is 1.43. The topological polar surface area (TPSA) is 67.6 Å². The Morgan fingerprint density at radius 2 is 2.05 bits per heavy atom. The van der Waals surface area contributed by atoms with Crippen molar-refractivity contribution in [1.82, 2.24) is 10.2 Å². The third-order valence-corrected chi connectivity index (χ3v) is 4.07. The van der Waals surface area contributed by atoms with E-state index >= 15 is 0 Å². The Bertz CT molecular complexity index is 461. The van der Waals surface area contributed by atoms with Crippen molar-refractivity contribution >= 4 is 5.91 Å². The number of carbonyl (C=O) groups is 1. The van der Waals surface area contributed by atoms with Gasteiger partial charge >= 0.3 is 0 Å². The first-order valence-electron chi connectivity index (χ1n) is 7.56. The summed E-state index contributed by atoms with van der Waals surface area (Å²) in [6.45, 7) is 4.36. The fourth-order valence-electron chi connectivity index (χ4n) is 2.82. The van der Waals surface area contributed by atoms with Crippen LogP contribution < -0.4 is 15.8 Å². The Morgan fingerprint density at radius 3 is 2.67 bits per heavy atom. The molecule has 1 aliphatic rings. The molecule has 0 saturated carbocycles. The highest BCUT2D eigenvalue weighted by atomic mass is 16.5. The molecule has 1 amide bonds. The maximum absolute atomic E-state index is 11.5. The van der Waals surface area contributed by atoms with Crippen molar-refractivity contribution in [2.45, 2.75) is 31.8 Å². The van der Waals surface area contributed by atoms with Gasteiger partial charge in [0.25, 0.3) is 0 Å². The van der Waals surface area contributed by atoms with Crippen LogP contribution in [0.25, 0.3) is 0 Å². The molecule has 5 heteroatoms. The summed E-state index contributed by atoms with van der Waals surface area (Å²) in [5.74, 6) is 0.964. The van der Waals surface area contributed by atoms with E-state index in [0.29, 0.717) is 13.0 Å². The van der Waals surface area contributed by atoms with Gasteiger partial charge in [0.1, 0.15) is 5.75 Å². The molecule has 1 aromatic rings. The van der Waals surface area contributed by atoms with Gasteiger partial charge in [0.15, 0.2) is 0 Å². The molecule has 1 heterocycles. The maximum atomic E-state index is 11.5. The molecule has 3 N–H and O–H groups in total. The molecule has 2 rings (SSSR count). The lowest BCUT2D eigenvalue weighted by atomic mass is 9.96. The molecule has 0 radical (unpaired) electrons. The second kappa shape index (κ2) is 7.43. The average molecular weight is 291 g/mol. The van der Waals surface area contributed by atoms with Crippen LogP contribution in [0.1, 0.15) is 31.4 Å². The molecular formula is C16H25N3O2. The second-order valence-corrected chi connectivity index (χ2v) is 5.43. The lowest BCUT2D eigenvalue weighted by Crippen LogP contribution is -2.42. The van der Waals surface area contributed by atoms with Gasteiger partial charge in [0.2, 0.25) is 5.91 Å². The molecule has 21 heavy (non-hydrogen) atoms. The van der Waals surface area contributed by atoms with Crippen LogP contribution in [-0.2, 0) is 4.79 Å². The largest absolute Gasteiger partial charge is 0.497 e. The number of amides is 1. The third kappa shape index (κ3) is 3.95. The van der Waals surface area contributed by atoms with E-state index in [-0.39, 0.29) is 18.0 Å². The highest BCUT2D eigenvalue weighted by molar-refractivity contribution is 5.76. The molecule has 0 spiro atoms. The number of benzene rings is 1. The Balaban J connectivity index is 2.22. The summed E-state index contributed by atoms with van der Waals surface area (Å²) in [5, 5.41) is 2.91. The second-order valence-electron chi connectivity index (χ2n) is 5.43. The van der Waals surface area contributed by atoms with E-state index in [0.717, 1.165) is 25.3 Å². The van der Waals surface area contributed by atoms with Gasteiger partial charge in [0.05, 0.1) is 7.11 Å². The van der Waals surface area contributed by atoms with Crippen LogP contribution in [-0.4, -0.2) is 43.6 Å². The molecule has 2 unspecified atom stereocenters. The van der Waals surface area contributed by atoms with Gasteiger partial charge in [-0.05, 0) is 24.1 Å². The lowest BCUT2D eigenvalue weighted by Gasteiger charge is -2.34. The van der Waals surface area contributed by atoms with Gasteiger partial charge in [-0.1, -0.05) is 19.1 Å². The first-order chi connectivity index (χ1) is 10.2. The monoisotopic (exact) mass is 291 g/mol. The minimum absolute atomic E-state index is 0.0478. The summed E-state index contributed by atoms with van der Waals surface area (Å²) in [4.78, 5) is 13.8. The summed E-state index contributed by atoms with van der Waals surface area (Å²) in [6, 6.07) is 8.25. The van der Waals surface area contributed by atoms with Crippen molar-refractivity contribution in [2.24, 2.45) is 5.73 Å². The van der Waals surface area contributed by atoms with Gasteiger partial charge in [-0.2, -0.15) is 0 Å². The molecule has 0 bridgehead atoms. The number of methoxy groups -OCH3 is 1. The van der Waals surface area contributed by atoms with Crippen LogP contribution in [0.3, 0.4) is 0 Å². The van der Waals surface area contributed by atoms with Crippen molar-refractivity contribution in [3.05, 3.63) is 29.8 Å². The predicted molar refractivity (Wildman–Crippen MR) is 83.2 cm³/mol. The molecule has 0 aromatic heterocycles. The number of nitrogens with two attached hydrogens (primary N) is 1. The van der Waals surface area contributed by atoms with Crippen molar-refractivity contribution < 1.29 is 9.53 Å². The third-order valence-electron chi connectivity index (χ3n) is 4.07. The smallest absolute Gasteiger partial charge is 0.221 e. The molecule has 1 aromatic carbocycles. The Morgan fingerprint density at radius 1 is 1.33 bits per heavy atom. The molecule has 5 nitrogen and oxygen atoms in total. The Labute approximate surface area is 126 Å². The van der Waals surface area contributed by atoms with E-state index in [1.165, 1.54) is 5.56 Å². The summed E-state index contributed by atoms with van der Waals surface area (Å²) in [7, 11) is 1.66. The van der Waals surface area contributed by atoms with Crippen LogP contribution in [0, 0.1) is 0 Å². The van der Waals surface area contributed by atoms with Crippen molar-refractivity contribution in [3.8, 4) is 5.75 Å². The van der Waals surface area contributed by atoms with Crippen molar-refractivity contribution in [3.63, 3.8) is 0 Å². The molecule has 0 aliphatic carbocycles. The number of nitrogens with one attached hydrogen (secondary N) is 1. The standard InChI is InChI=1S/C16H25N3O2/c1-3-14(17)16(12-4-6-13(21-2)7-5-12)19-10-8-15(20)18-9-11-19/h4-7,14,16H,3,8-11,17H2,1-2H3,(H,18,20). The first kappa shape index (κ1) is 15.8. The van der Waals surface area contributed by atoms with Gasteiger partial charge in [-0.15, -0.1) is 0 Å². The number of hydrogen-bond donors (Lipinski definition) is 2. The SMILES string of the molecule is CCC(N)C(c1ccc(OC)cc1)N1CCNC(=O)CC1. The molecule has 1 aliphatic heterocycles.